The fourth-order valence-electron chi connectivity index (χ4n) is 1.75. The van der Waals surface area contributed by atoms with Gasteiger partial charge >= 0.3 is 0 Å². The third-order valence-corrected chi connectivity index (χ3v) is 2.48. The number of ether oxygens (including phenoxy) is 1. The Morgan fingerprint density at radius 1 is 1.53 bits per heavy atom. The van der Waals surface area contributed by atoms with Gasteiger partial charge in [-0.1, -0.05) is 0 Å². The Kier molecular flexibility index (Phi) is 4.11. The molecule has 1 rings (SSSR count). The zero-order valence-corrected chi connectivity index (χ0v) is 9.88. The van der Waals surface area contributed by atoms with Crippen LogP contribution in [-0.2, 0) is 9.53 Å². The zero-order chi connectivity index (χ0) is 11.5. The minimum absolute atomic E-state index is 0.0439. The van der Waals surface area contributed by atoms with Crippen LogP contribution in [0.25, 0.3) is 0 Å². The van der Waals surface area contributed by atoms with E-state index >= 15 is 0 Å². The van der Waals surface area contributed by atoms with Crippen molar-refractivity contribution in [3.8, 4) is 0 Å². The number of nitrogens with two attached hydrogens (primary N) is 1. The van der Waals surface area contributed by atoms with Gasteiger partial charge in [0, 0.05) is 24.6 Å². The van der Waals surface area contributed by atoms with Crippen LogP contribution in [0.5, 0.6) is 0 Å². The molecule has 4 heteroatoms. The Balaban J connectivity index is 2.14. The molecule has 0 bridgehead atoms. The quantitative estimate of drug-likeness (QED) is 0.711. The van der Waals surface area contributed by atoms with Crippen molar-refractivity contribution >= 4 is 5.91 Å². The number of rotatable bonds is 5. The fourth-order valence-corrected chi connectivity index (χ4v) is 1.75. The summed E-state index contributed by atoms with van der Waals surface area (Å²) in [5, 5.41) is 2.96. The highest BCUT2D eigenvalue weighted by atomic mass is 16.5. The maximum Gasteiger partial charge on any atom is 0.222 e. The molecule has 0 aromatic carbocycles. The van der Waals surface area contributed by atoms with Gasteiger partial charge in [0.1, 0.15) is 0 Å². The van der Waals surface area contributed by atoms with E-state index in [4.69, 9.17) is 10.5 Å². The first kappa shape index (κ1) is 12.5. The van der Waals surface area contributed by atoms with Crippen LogP contribution in [0, 0.1) is 0 Å². The van der Waals surface area contributed by atoms with Crippen LogP contribution in [-0.4, -0.2) is 30.2 Å². The van der Waals surface area contributed by atoms with Crippen molar-refractivity contribution in [1.82, 2.24) is 5.32 Å². The molecule has 0 atom stereocenters. The highest BCUT2D eigenvalue weighted by Crippen LogP contribution is 2.23. The Labute approximate surface area is 91.5 Å². The second kappa shape index (κ2) is 4.94. The molecule has 1 fully saturated rings. The van der Waals surface area contributed by atoms with Crippen molar-refractivity contribution in [3.05, 3.63) is 0 Å². The summed E-state index contributed by atoms with van der Waals surface area (Å²) in [6.45, 7) is 6.46. The lowest BCUT2D eigenvalue weighted by molar-refractivity contribution is -0.124. The molecule has 0 spiro atoms. The minimum atomic E-state index is -0.423. The molecule has 0 radical (unpaired) electrons. The van der Waals surface area contributed by atoms with Gasteiger partial charge in [-0.15, -0.1) is 0 Å². The van der Waals surface area contributed by atoms with Gasteiger partial charge in [0.15, 0.2) is 0 Å². The van der Waals surface area contributed by atoms with E-state index in [9.17, 15) is 4.79 Å². The third kappa shape index (κ3) is 4.62. The molecule has 0 unspecified atom stereocenters. The Morgan fingerprint density at radius 2 is 2.13 bits per heavy atom. The van der Waals surface area contributed by atoms with E-state index in [1.807, 2.05) is 20.8 Å². The lowest BCUT2D eigenvalue weighted by atomic mass is 9.88. The molecule has 3 N–H and O–H groups in total. The lowest BCUT2D eigenvalue weighted by Gasteiger charge is -2.35. The van der Waals surface area contributed by atoms with Gasteiger partial charge < -0.3 is 15.8 Å². The van der Waals surface area contributed by atoms with Crippen LogP contribution >= 0.6 is 0 Å². The average Bonchev–Trinajstić information content (AvgIpc) is 1.97. The molecule has 0 aromatic rings. The predicted molar refractivity (Wildman–Crippen MR) is 59.5 cm³/mol. The second-order valence-corrected chi connectivity index (χ2v) is 4.98. The van der Waals surface area contributed by atoms with Crippen LogP contribution in [0.4, 0.5) is 0 Å². The summed E-state index contributed by atoms with van der Waals surface area (Å²) in [6, 6.07) is 0.288. The summed E-state index contributed by atoms with van der Waals surface area (Å²) in [5.74, 6) is 0.0439. The monoisotopic (exact) mass is 214 g/mol. The number of hydrogen-bond acceptors (Lipinski definition) is 3. The standard InChI is InChI=1S/C11H22N2O2/c1-4-15-9-5-8(6-9)13-10(14)7-11(2,3)12/h8-9H,4-7,12H2,1-3H3,(H,13,14). The largest absolute Gasteiger partial charge is 0.378 e. The molecular weight excluding hydrogens is 192 g/mol. The van der Waals surface area contributed by atoms with E-state index in [0.717, 1.165) is 19.4 Å². The van der Waals surface area contributed by atoms with Crippen molar-refractivity contribution in [2.24, 2.45) is 5.73 Å². The first-order valence-corrected chi connectivity index (χ1v) is 5.60. The van der Waals surface area contributed by atoms with Crippen molar-refractivity contribution < 1.29 is 9.53 Å². The molecule has 1 saturated carbocycles. The maximum atomic E-state index is 11.5. The Morgan fingerprint density at radius 3 is 2.60 bits per heavy atom. The molecular formula is C11H22N2O2. The van der Waals surface area contributed by atoms with E-state index in [1.165, 1.54) is 0 Å². The van der Waals surface area contributed by atoms with E-state index in [-0.39, 0.29) is 11.9 Å². The molecule has 0 saturated heterocycles. The Bertz CT molecular complexity index is 217. The number of hydrogen-bond donors (Lipinski definition) is 2. The molecule has 0 aromatic heterocycles. The third-order valence-electron chi connectivity index (χ3n) is 2.48. The molecule has 0 heterocycles. The van der Waals surface area contributed by atoms with Crippen LogP contribution in [0.1, 0.15) is 40.0 Å². The topological polar surface area (TPSA) is 64.3 Å². The van der Waals surface area contributed by atoms with Gasteiger partial charge in [-0.2, -0.15) is 0 Å². The van der Waals surface area contributed by atoms with E-state index in [1.54, 1.807) is 0 Å². The smallest absolute Gasteiger partial charge is 0.222 e. The number of nitrogens with one attached hydrogen (secondary N) is 1. The van der Waals surface area contributed by atoms with Crippen LogP contribution in [0.2, 0.25) is 0 Å². The second-order valence-electron chi connectivity index (χ2n) is 4.98. The van der Waals surface area contributed by atoms with Gasteiger partial charge in [-0.05, 0) is 33.6 Å². The normalized spacial score (nSPS) is 25.9. The first-order valence-electron chi connectivity index (χ1n) is 5.60. The summed E-state index contributed by atoms with van der Waals surface area (Å²) in [4.78, 5) is 11.5. The van der Waals surface area contributed by atoms with E-state index < -0.39 is 5.54 Å². The van der Waals surface area contributed by atoms with Gasteiger partial charge in [0.05, 0.1) is 6.10 Å². The summed E-state index contributed by atoms with van der Waals surface area (Å²) < 4.78 is 5.41. The molecule has 15 heavy (non-hydrogen) atoms. The SMILES string of the molecule is CCOC1CC(NC(=O)CC(C)(C)N)C1. The summed E-state index contributed by atoms with van der Waals surface area (Å²) in [5.41, 5.74) is 5.34. The summed E-state index contributed by atoms with van der Waals surface area (Å²) >= 11 is 0. The number of amides is 1. The molecule has 0 aliphatic heterocycles. The molecule has 1 amide bonds. The fraction of sp³-hybridized carbons (Fsp3) is 0.909. The molecule has 1 aliphatic rings. The van der Waals surface area contributed by atoms with E-state index in [2.05, 4.69) is 5.32 Å². The van der Waals surface area contributed by atoms with Crippen molar-refractivity contribution in [2.75, 3.05) is 6.61 Å². The van der Waals surface area contributed by atoms with Gasteiger partial charge in [0.25, 0.3) is 0 Å². The Hall–Kier alpha value is -0.610. The highest BCUT2D eigenvalue weighted by molar-refractivity contribution is 5.77. The zero-order valence-electron chi connectivity index (χ0n) is 9.88. The molecule has 1 aliphatic carbocycles. The van der Waals surface area contributed by atoms with Gasteiger partial charge in [-0.25, -0.2) is 0 Å². The van der Waals surface area contributed by atoms with E-state index in [0.29, 0.717) is 12.5 Å². The van der Waals surface area contributed by atoms with Gasteiger partial charge in [-0.3, -0.25) is 4.79 Å². The van der Waals surface area contributed by atoms with Crippen LogP contribution < -0.4 is 11.1 Å². The first-order chi connectivity index (χ1) is 6.90. The number of carbonyl (C=O) groups is 1. The van der Waals surface area contributed by atoms with Crippen LogP contribution in [0.15, 0.2) is 0 Å². The van der Waals surface area contributed by atoms with Crippen molar-refractivity contribution in [1.29, 1.82) is 0 Å². The highest BCUT2D eigenvalue weighted by Gasteiger charge is 2.31. The average molecular weight is 214 g/mol. The molecule has 88 valence electrons. The lowest BCUT2D eigenvalue weighted by Crippen LogP contribution is -2.50. The van der Waals surface area contributed by atoms with Gasteiger partial charge in [0.2, 0.25) is 5.91 Å². The number of carbonyl (C=O) groups excluding carboxylic acids is 1. The van der Waals surface area contributed by atoms with Crippen LogP contribution in [0.3, 0.4) is 0 Å². The maximum absolute atomic E-state index is 11.5. The molecule has 4 nitrogen and oxygen atoms in total. The predicted octanol–water partition coefficient (Wildman–Crippen LogP) is 0.797. The van der Waals surface area contributed by atoms with Crippen molar-refractivity contribution in [3.63, 3.8) is 0 Å². The minimum Gasteiger partial charge on any atom is -0.378 e. The summed E-state index contributed by atoms with van der Waals surface area (Å²) in [6.07, 6.45) is 2.59. The van der Waals surface area contributed by atoms with Crippen molar-refractivity contribution in [2.45, 2.75) is 57.7 Å². The summed E-state index contributed by atoms with van der Waals surface area (Å²) in [7, 11) is 0.